The summed E-state index contributed by atoms with van der Waals surface area (Å²) in [5.74, 6) is 0. The van der Waals surface area contributed by atoms with E-state index < -0.39 is 0 Å². The Bertz CT molecular complexity index is 428. The number of hydrogen-bond donors (Lipinski definition) is 2. The van der Waals surface area contributed by atoms with Crippen molar-refractivity contribution >= 4 is 18.1 Å². The van der Waals surface area contributed by atoms with Gasteiger partial charge in [-0.3, -0.25) is 4.90 Å². The summed E-state index contributed by atoms with van der Waals surface area (Å²) in [6.45, 7) is 6.87. The number of rotatable bonds is 5. The number of aliphatic hydroxyl groups excluding tert-OH is 1. The second-order valence-corrected chi connectivity index (χ2v) is 6.10. The highest BCUT2D eigenvalue weighted by Crippen LogP contribution is 2.27. The van der Waals surface area contributed by atoms with Gasteiger partial charge in [0.25, 0.3) is 0 Å². The van der Waals surface area contributed by atoms with Crippen LogP contribution in [0.15, 0.2) is 24.3 Å². The van der Waals surface area contributed by atoms with Crippen molar-refractivity contribution in [3.8, 4) is 0 Å². The van der Waals surface area contributed by atoms with Crippen molar-refractivity contribution in [1.82, 2.24) is 10.2 Å². The summed E-state index contributed by atoms with van der Waals surface area (Å²) in [5.41, 5.74) is 2.69. The van der Waals surface area contributed by atoms with Gasteiger partial charge in [-0.25, -0.2) is 0 Å². The molecule has 0 saturated carbocycles. The lowest BCUT2D eigenvalue weighted by atomic mass is 10.0. The van der Waals surface area contributed by atoms with Crippen molar-refractivity contribution in [2.45, 2.75) is 25.3 Å². The molecule has 2 saturated heterocycles. The number of anilines is 1. The first-order valence-electron chi connectivity index (χ1n) is 8.29. The number of hydrogen-bond acceptors (Lipinski definition) is 4. The van der Waals surface area contributed by atoms with Gasteiger partial charge in [-0.05, 0) is 37.0 Å². The zero-order chi connectivity index (χ0) is 14.5. The minimum absolute atomic E-state index is 0. The van der Waals surface area contributed by atoms with Crippen molar-refractivity contribution in [1.29, 1.82) is 0 Å². The normalized spacial score (nSPS) is 20.7. The maximum absolute atomic E-state index is 9.41. The SMILES string of the molecule is Cl.OCC[C@@H](c1ccc(N2CCCC2)cc1)N1CCNCC1. The van der Waals surface area contributed by atoms with Gasteiger partial charge in [-0.2, -0.15) is 0 Å². The summed E-state index contributed by atoms with van der Waals surface area (Å²) in [6.07, 6.45) is 3.45. The molecule has 1 aromatic rings. The van der Waals surface area contributed by atoms with Gasteiger partial charge in [-0.15, -0.1) is 12.4 Å². The number of nitrogens with zero attached hydrogens (tertiary/aromatic N) is 2. The van der Waals surface area contributed by atoms with Crippen molar-refractivity contribution in [2.75, 3.05) is 50.8 Å². The lowest BCUT2D eigenvalue weighted by molar-refractivity contribution is 0.141. The van der Waals surface area contributed by atoms with Crippen LogP contribution in [0.4, 0.5) is 5.69 Å². The number of benzene rings is 1. The largest absolute Gasteiger partial charge is 0.396 e. The van der Waals surface area contributed by atoms with Crippen molar-refractivity contribution in [3.63, 3.8) is 0 Å². The molecule has 1 aromatic carbocycles. The van der Waals surface area contributed by atoms with Crippen LogP contribution in [0.5, 0.6) is 0 Å². The zero-order valence-corrected chi connectivity index (χ0v) is 14.0. The Kier molecular flexibility index (Phi) is 6.96. The predicted molar refractivity (Wildman–Crippen MR) is 94.0 cm³/mol. The van der Waals surface area contributed by atoms with E-state index in [1.165, 1.54) is 37.2 Å². The van der Waals surface area contributed by atoms with Crippen LogP contribution < -0.4 is 10.2 Å². The molecule has 2 fully saturated rings. The molecule has 0 amide bonds. The van der Waals surface area contributed by atoms with Crippen molar-refractivity contribution in [3.05, 3.63) is 29.8 Å². The Hall–Kier alpha value is -0.810. The van der Waals surface area contributed by atoms with E-state index in [-0.39, 0.29) is 19.0 Å². The van der Waals surface area contributed by atoms with Gasteiger partial charge in [0.15, 0.2) is 0 Å². The smallest absolute Gasteiger partial charge is 0.0449 e. The number of nitrogens with one attached hydrogen (secondary N) is 1. The molecule has 3 rings (SSSR count). The Balaban J connectivity index is 0.00000176. The van der Waals surface area contributed by atoms with Crippen LogP contribution in [0.1, 0.15) is 30.9 Å². The van der Waals surface area contributed by atoms with E-state index in [1.54, 1.807) is 0 Å². The molecule has 22 heavy (non-hydrogen) atoms. The van der Waals surface area contributed by atoms with E-state index >= 15 is 0 Å². The number of aliphatic hydroxyl groups is 1. The molecule has 124 valence electrons. The van der Waals surface area contributed by atoms with Gasteiger partial charge >= 0.3 is 0 Å². The van der Waals surface area contributed by atoms with Gasteiger partial charge in [-0.1, -0.05) is 12.1 Å². The summed E-state index contributed by atoms with van der Waals surface area (Å²) in [4.78, 5) is 4.97. The quantitative estimate of drug-likeness (QED) is 0.869. The van der Waals surface area contributed by atoms with Crippen LogP contribution >= 0.6 is 12.4 Å². The average molecular weight is 326 g/mol. The highest BCUT2D eigenvalue weighted by atomic mass is 35.5. The Morgan fingerprint density at radius 3 is 2.23 bits per heavy atom. The first kappa shape index (κ1) is 17.5. The second kappa shape index (κ2) is 8.73. The highest BCUT2D eigenvalue weighted by molar-refractivity contribution is 5.85. The number of piperazine rings is 1. The van der Waals surface area contributed by atoms with Gasteiger partial charge in [0, 0.05) is 57.6 Å². The van der Waals surface area contributed by atoms with Crippen LogP contribution in [0.2, 0.25) is 0 Å². The minimum atomic E-state index is 0. The Labute approximate surface area is 139 Å². The van der Waals surface area contributed by atoms with Crippen LogP contribution in [-0.2, 0) is 0 Å². The third-order valence-electron chi connectivity index (χ3n) is 4.74. The van der Waals surface area contributed by atoms with Crippen LogP contribution in [0, 0.1) is 0 Å². The molecule has 0 unspecified atom stereocenters. The maximum atomic E-state index is 9.41. The Morgan fingerprint density at radius 2 is 1.64 bits per heavy atom. The van der Waals surface area contributed by atoms with Gasteiger partial charge in [0.2, 0.25) is 0 Å². The second-order valence-electron chi connectivity index (χ2n) is 6.10. The molecule has 2 heterocycles. The molecule has 0 bridgehead atoms. The van der Waals surface area contributed by atoms with Crippen LogP contribution in [0.3, 0.4) is 0 Å². The fraction of sp³-hybridized carbons (Fsp3) is 0.647. The van der Waals surface area contributed by atoms with E-state index in [4.69, 9.17) is 0 Å². The van der Waals surface area contributed by atoms with E-state index in [0.717, 1.165) is 32.6 Å². The molecule has 0 aromatic heterocycles. The van der Waals surface area contributed by atoms with Gasteiger partial charge in [0.05, 0.1) is 0 Å². The van der Waals surface area contributed by atoms with E-state index in [9.17, 15) is 5.11 Å². The summed E-state index contributed by atoms with van der Waals surface area (Å²) in [7, 11) is 0. The first-order valence-corrected chi connectivity index (χ1v) is 8.29. The molecular weight excluding hydrogens is 298 g/mol. The third kappa shape index (κ3) is 4.13. The molecule has 2 aliphatic rings. The fourth-order valence-corrected chi connectivity index (χ4v) is 3.56. The maximum Gasteiger partial charge on any atom is 0.0449 e. The van der Waals surface area contributed by atoms with Gasteiger partial charge < -0.3 is 15.3 Å². The van der Waals surface area contributed by atoms with E-state index in [1.807, 2.05) is 0 Å². The summed E-state index contributed by atoms with van der Waals surface area (Å²) >= 11 is 0. The summed E-state index contributed by atoms with van der Waals surface area (Å²) in [5, 5.41) is 12.8. The molecule has 2 aliphatic heterocycles. The molecule has 1 atom stereocenters. The lowest BCUT2D eigenvalue weighted by Gasteiger charge is -2.35. The van der Waals surface area contributed by atoms with E-state index in [0.29, 0.717) is 6.04 Å². The zero-order valence-electron chi connectivity index (χ0n) is 13.2. The third-order valence-corrected chi connectivity index (χ3v) is 4.74. The van der Waals surface area contributed by atoms with Crippen molar-refractivity contribution < 1.29 is 5.11 Å². The number of halogens is 1. The van der Waals surface area contributed by atoms with Crippen molar-refractivity contribution in [2.24, 2.45) is 0 Å². The molecule has 4 nitrogen and oxygen atoms in total. The monoisotopic (exact) mass is 325 g/mol. The van der Waals surface area contributed by atoms with Crippen LogP contribution in [-0.4, -0.2) is 55.9 Å². The summed E-state index contributed by atoms with van der Waals surface area (Å²) < 4.78 is 0. The summed E-state index contributed by atoms with van der Waals surface area (Å²) in [6, 6.07) is 9.39. The van der Waals surface area contributed by atoms with Crippen LogP contribution in [0.25, 0.3) is 0 Å². The molecule has 5 heteroatoms. The fourth-order valence-electron chi connectivity index (χ4n) is 3.56. The van der Waals surface area contributed by atoms with Gasteiger partial charge in [0.1, 0.15) is 0 Å². The highest BCUT2D eigenvalue weighted by Gasteiger charge is 2.22. The standard InChI is InChI=1S/C17H27N3O.ClH/c21-14-7-17(20-12-8-18-9-13-20)15-3-5-16(6-4-15)19-10-1-2-11-19;/h3-6,17-18,21H,1-2,7-14H2;1H/t17-;/m0./s1. The molecular formula is C17H28ClN3O. The molecule has 0 radical (unpaired) electrons. The lowest BCUT2D eigenvalue weighted by Crippen LogP contribution is -2.45. The molecule has 0 aliphatic carbocycles. The topological polar surface area (TPSA) is 38.7 Å². The average Bonchev–Trinajstić information content (AvgIpc) is 3.08. The molecule has 0 spiro atoms. The first-order chi connectivity index (χ1) is 10.4. The Morgan fingerprint density at radius 1 is 1.00 bits per heavy atom. The van der Waals surface area contributed by atoms with E-state index in [2.05, 4.69) is 39.4 Å². The molecule has 2 N–H and O–H groups in total. The minimum Gasteiger partial charge on any atom is -0.396 e. The predicted octanol–water partition coefficient (Wildman–Crippen LogP) is 2.04.